The van der Waals surface area contributed by atoms with Gasteiger partial charge >= 0.3 is 0 Å². The fourth-order valence-electron chi connectivity index (χ4n) is 2.20. The SMILES string of the molecule is CCN(c1ccc(Br)c(C)n1)C1CCNC1. The van der Waals surface area contributed by atoms with Gasteiger partial charge in [0.2, 0.25) is 0 Å². The molecule has 88 valence electrons. The van der Waals surface area contributed by atoms with E-state index in [2.05, 4.69) is 50.2 Å². The smallest absolute Gasteiger partial charge is 0.129 e. The van der Waals surface area contributed by atoms with Gasteiger partial charge in [-0.2, -0.15) is 0 Å². The lowest BCUT2D eigenvalue weighted by Gasteiger charge is -2.28. The number of aromatic nitrogens is 1. The second kappa shape index (κ2) is 5.15. The van der Waals surface area contributed by atoms with E-state index in [0.29, 0.717) is 6.04 Å². The summed E-state index contributed by atoms with van der Waals surface area (Å²) in [6.07, 6.45) is 1.21. The summed E-state index contributed by atoms with van der Waals surface area (Å²) in [4.78, 5) is 7.03. The van der Waals surface area contributed by atoms with Gasteiger partial charge in [-0.15, -0.1) is 0 Å². The van der Waals surface area contributed by atoms with Gasteiger partial charge in [-0.1, -0.05) is 0 Å². The molecule has 0 aliphatic carbocycles. The Morgan fingerprint density at radius 3 is 2.94 bits per heavy atom. The maximum Gasteiger partial charge on any atom is 0.129 e. The van der Waals surface area contributed by atoms with Crippen molar-refractivity contribution in [1.82, 2.24) is 10.3 Å². The average molecular weight is 284 g/mol. The largest absolute Gasteiger partial charge is 0.353 e. The molecule has 1 aliphatic heterocycles. The third kappa shape index (κ3) is 2.38. The van der Waals surface area contributed by atoms with Gasteiger partial charge in [-0.3, -0.25) is 0 Å². The molecule has 0 radical (unpaired) electrons. The van der Waals surface area contributed by atoms with Crippen LogP contribution in [0.1, 0.15) is 19.0 Å². The summed E-state index contributed by atoms with van der Waals surface area (Å²) in [6.45, 7) is 7.44. The molecule has 0 spiro atoms. The van der Waals surface area contributed by atoms with Gasteiger partial charge in [-0.25, -0.2) is 4.98 Å². The van der Waals surface area contributed by atoms with Crippen molar-refractivity contribution >= 4 is 21.7 Å². The summed E-state index contributed by atoms with van der Waals surface area (Å²) in [5, 5.41) is 3.40. The van der Waals surface area contributed by atoms with E-state index in [1.165, 1.54) is 6.42 Å². The molecule has 2 heterocycles. The average Bonchev–Trinajstić information content (AvgIpc) is 2.78. The molecule has 1 aromatic rings. The second-order valence-electron chi connectivity index (χ2n) is 4.17. The van der Waals surface area contributed by atoms with Crippen molar-refractivity contribution in [3.8, 4) is 0 Å². The first kappa shape index (κ1) is 11.9. The molecule has 0 bridgehead atoms. The van der Waals surface area contributed by atoms with Crippen LogP contribution in [0.25, 0.3) is 0 Å². The number of likely N-dealkylation sites (N-methyl/N-ethyl adjacent to an activating group) is 1. The zero-order valence-electron chi connectivity index (χ0n) is 9.83. The highest BCUT2D eigenvalue weighted by Gasteiger charge is 2.22. The van der Waals surface area contributed by atoms with Crippen LogP contribution in [0.5, 0.6) is 0 Å². The van der Waals surface area contributed by atoms with Crippen molar-refractivity contribution in [2.24, 2.45) is 0 Å². The Bertz CT molecular complexity index is 361. The summed E-state index contributed by atoms with van der Waals surface area (Å²) in [5.74, 6) is 1.09. The standard InChI is InChI=1S/C12H18BrN3/c1-3-16(10-6-7-14-8-10)12-5-4-11(13)9(2)15-12/h4-5,10,14H,3,6-8H2,1-2H3. The molecule has 1 saturated heterocycles. The Hall–Kier alpha value is -0.610. The quantitative estimate of drug-likeness (QED) is 0.923. The fraction of sp³-hybridized carbons (Fsp3) is 0.583. The number of pyridine rings is 1. The van der Waals surface area contributed by atoms with Gasteiger partial charge in [0.15, 0.2) is 0 Å². The molecule has 2 rings (SSSR count). The van der Waals surface area contributed by atoms with Gasteiger partial charge in [0, 0.05) is 23.6 Å². The van der Waals surface area contributed by atoms with Gasteiger partial charge in [0.05, 0.1) is 5.69 Å². The van der Waals surface area contributed by atoms with Gasteiger partial charge in [0.1, 0.15) is 5.82 Å². The Balaban J connectivity index is 2.22. The van der Waals surface area contributed by atoms with E-state index in [0.717, 1.165) is 35.6 Å². The van der Waals surface area contributed by atoms with Crippen molar-refractivity contribution in [2.75, 3.05) is 24.5 Å². The monoisotopic (exact) mass is 283 g/mol. The molecule has 16 heavy (non-hydrogen) atoms. The van der Waals surface area contributed by atoms with Crippen LogP contribution in [0.3, 0.4) is 0 Å². The second-order valence-corrected chi connectivity index (χ2v) is 5.02. The zero-order valence-corrected chi connectivity index (χ0v) is 11.4. The zero-order chi connectivity index (χ0) is 11.5. The van der Waals surface area contributed by atoms with Crippen molar-refractivity contribution in [3.63, 3.8) is 0 Å². The van der Waals surface area contributed by atoms with E-state index in [-0.39, 0.29) is 0 Å². The molecule has 1 aliphatic rings. The molecule has 1 atom stereocenters. The molecule has 0 amide bonds. The summed E-state index contributed by atoms with van der Waals surface area (Å²) >= 11 is 3.49. The van der Waals surface area contributed by atoms with E-state index in [1.807, 2.05) is 6.92 Å². The summed E-state index contributed by atoms with van der Waals surface area (Å²) in [7, 11) is 0. The summed E-state index contributed by atoms with van der Waals surface area (Å²) in [6, 6.07) is 4.78. The number of anilines is 1. The molecule has 0 aromatic carbocycles. The number of rotatable bonds is 3. The van der Waals surface area contributed by atoms with Gasteiger partial charge in [0.25, 0.3) is 0 Å². The predicted octanol–water partition coefficient (Wildman–Crippen LogP) is 2.34. The Labute approximate surface area is 105 Å². The van der Waals surface area contributed by atoms with Gasteiger partial charge in [-0.05, 0) is 54.9 Å². The number of aryl methyl sites for hydroxylation is 1. The van der Waals surface area contributed by atoms with E-state index in [4.69, 9.17) is 0 Å². The third-order valence-electron chi connectivity index (χ3n) is 3.12. The van der Waals surface area contributed by atoms with Crippen LogP contribution in [-0.2, 0) is 0 Å². The molecule has 4 heteroatoms. The Morgan fingerprint density at radius 2 is 2.38 bits per heavy atom. The van der Waals surface area contributed by atoms with Crippen LogP contribution in [-0.4, -0.2) is 30.7 Å². The molecular formula is C12H18BrN3. The van der Waals surface area contributed by atoms with Crippen molar-refractivity contribution in [3.05, 3.63) is 22.3 Å². The number of hydrogen-bond acceptors (Lipinski definition) is 3. The lowest BCUT2D eigenvalue weighted by atomic mass is 10.2. The number of hydrogen-bond donors (Lipinski definition) is 1. The lowest BCUT2D eigenvalue weighted by molar-refractivity contribution is 0.639. The van der Waals surface area contributed by atoms with Crippen LogP contribution in [0.15, 0.2) is 16.6 Å². The first-order valence-corrected chi connectivity index (χ1v) is 6.62. The lowest BCUT2D eigenvalue weighted by Crippen LogP contribution is -2.37. The normalized spacial score (nSPS) is 20.1. The molecule has 3 nitrogen and oxygen atoms in total. The van der Waals surface area contributed by atoms with E-state index in [1.54, 1.807) is 0 Å². The fourth-order valence-corrected chi connectivity index (χ4v) is 2.42. The van der Waals surface area contributed by atoms with Crippen LogP contribution >= 0.6 is 15.9 Å². The van der Waals surface area contributed by atoms with Crippen molar-refractivity contribution in [1.29, 1.82) is 0 Å². The Kier molecular flexibility index (Phi) is 3.82. The highest BCUT2D eigenvalue weighted by atomic mass is 79.9. The highest BCUT2D eigenvalue weighted by molar-refractivity contribution is 9.10. The number of halogens is 1. The summed E-state index contributed by atoms with van der Waals surface area (Å²) in [5.41, 5.74) is 1.06. The highest BCUT2D eigenvalue weighted by Crippen LogP contribution is 2.22. The summed E-state index contributed by atoms with van der Waals surface area (Å²) < 4.78 is 1.08. The number of nitrogens with zero attached hydrogens (tertiary/aromatic N) is 2. The molecule has 1 N–H and O–H groups in total. The van der Waals surface area contributed by atoms with E-state index in [9.17, 15) is 0 Å². The van der Waals surface area contributed by atoms with Gasteiger partial charge < -0.3 is 10.2 Å². The first-order chi connectivity index (χ1) is 7.72. The predicted molar refractivity (Wildman–Crippen MR) is 71.0 cm³/mol. The molecular weight excluding hydrogens is 266 g/mol. The minimum atomic E-state index is 0.595. The van der Waals surface area contributed by atoms with Crippen molar-refractivity contribution in [2.45, 2.75) is 26.3 Å². The topological polar surface area (TPSA) is 28.2 Å². The molecule has 0 saturated carbocycles. The van der Waals surface area contributed by atoms with Crippen LogP contribution in [0.2, 0.25) is 0 Å². The Morgan fingerprint density at radius 1 is 1.56 bits per heavy atom. The van der Waals surface area contributed by atoms with E-state index < -0.39 is 0 Å². The van der Waals surface area contributed by atoms with Crippen LogP contribution < -0.4 is 10.2 Å². The minimum Gasteiger partial charge on any atom is -0.353 e. The molecule has 1 aromatic heterocycles. The third-order valence-corrected chi connectivity index (χ3v) is 3.95. The maximum atomic E-state index is 4.64. The first-order valence-electron chi connectivity index (χ1n) is 5.83. The van der Waals surface area contributed by atoms with Crippen LogP contribution in [0, 0.1) is 6.92 Å². The van der Waals surface area contributed by atoms with Crippen LogP contribution in [0.4, 0.5) is 5.82 Å². The van der Waals surface area contributed by atoms with Crippen molar-refractivity contribution < 1.29 is 0 Å². The minimum absolute atomic E-state index is 0.595. The molecule has 1 fully saturated rings. The number of nitrogens with one attached hydrogen (secondary N) is 1. The van der Waals surface area contributed by atoms with E-state index >= 15 is 0 Å². The molecule has 1 unspecified atom stereocenters. The maximum absolute atomic E-state index is 4.64.